The third-order valence-corrected chi connectivity index (χ3v) is 7.08. The average molecular weight is 451 g/mol. The second-order valence-electron chi connectivity index (χ2n) is 8.33. The van der Waals surface area contributed by atoms with Crippen molar-refractivity contribution in [1.82, 2.24) is 10.1 Å². The number of nitrogens with zero attached hydrogens (tertiary/aromatic N) is 3. The summed E-state index contributed by atoms with van der Waals surface area (Å²) >= 11 is 1.63. The molecule has 0 aliphatic carbocycles. The minimum atomic E-state index is -0.0985. The zero-order chi connectivity index (χ0) is 22.7. The van der Waals surface area contributed by atoms with Crippen LogP contribution in [0.5, 0.6) is 0 Å². The van der Waals surface area contributed by atoms with Gasteiger partial charge in [0, 0.05) is 53.8 Å². The average Bonchev–Trinajstić information content (AvgIpc) is 3.10. The van der Waals surface area contributed by atoms with Crippen LogP contribution in [0.25, 0.3) is 0 Å². The monoisotopic (exact) mass is 450 g/mol. The Bertz CT molecular complexity index is 1080. The molecule has 0 spiro atoms. The van der Waals surface area contributed by atoms with Crippen molar-refractivity contribution < 1.29 is 9.32 Å². The van der Waals surface area contributed by atoms with Crippen molar-refractivity contribution in [3.8, 4) is 0 Å². The van der Waals surface area contributed by atoms with E-state index in [4.69, 9.17) is 4.52 Å². The Hall–Kier alpha value is -2.77. The smallest absolute Gasteiger partial charge is 0.256 e. The van der Waals surface area contributed by atoms with E-state index < -0.39 is 0 Å². The van der Waals surface area contributed by atoms with Gasteiger partial charge in [-0.1, -0.05) is 17.3 Å². The number of hydrogen-bond donors (Lipinski definition) is 1. The molecular formula is C25H30N4O2S. The summed E-state index contributed by atoms with van der Waals surface area (Å²) in [6.45, 7) is 10.2. The zero-order valence-corrected chi connectivity index (χ0v) is 20.0. The molecule has 3 aromatic rings. The van der Waals surface area contributed by atoms with E-state index in [0.29, 0.717) is 11.3 Å². The van der Waals surface area contributed by atoms with Gasteiger partial charge in [-0.25, -0.2) is 0 Å². The van der Waals surface area contributed by atoms with Crippen molar-refractivity contribution >= 4 is 29.0 Å². The molecular weight excluding hydrogens is 420 g/mol. The minimum Gasteiger partial charge on any atom is -0.369 e. The van der Waals surface area contributed by atoms with Crippen LogP contribution < -0.4 is 10.2 Å². The van der Waals surface area contributed by atoms with Crippen molar-refractivity contribution in [3.63, 3.8) is 0 Å². The Morgan fingerprint density at radius 3 is 2.53 bits per heavy atom. The topological polar surface area (TPSA) is 61.6 Å². The second-order valence-corrected chi connectivity index (χ2v) is 9.35. The summed E-state index contributed by atoms with van der Waals surface area (Å²) in [4.78, 5) is 18.8. The lowest BCUT2D eigenvalue weighted by Gasteiger charge is -2.35. The summed E-state index contributed by atoms with van der Waals surface area (Å²) < 4.78 is 5.26. The Balaban J connectivity index is 1.45. The molecule has 4 rings (SSSR count). The number of aromatic nitrogens is 1. The Morgan fingerprint density at radius 1 is 1.09 bits per heavy atom. The highest BCUT2D eigenvalue weighted by Gasteiger charge is 2.18. The van der Waals surface area contributed by atoms with Gasteiger partial charge in [0.2, 0.25) is 0 Å². The number of anilines is 2. The minimum absolute atomic E-state index is 0.0985. The molecule has 0 radical (unpaired) electrons. The van der Waals surface area contributed by atoms with E-state index in [-0.39, 0.29) is 5.91 Å². The van der Waals surface area contributed by atoms with Crippen LogP contribution in [-0.4, -0.2) is 49.2 Å². The number of likely N-dealkylation sites (N-methyl/N-ethyl adjacent to an activating group) is 1. The lowest BCUT2D eigenvalue weighted by atomic mass is 10.1. The van der Waals surface area contributed by atoms with E-state index in [1.165, 1.54) is 11.3 Å². The van der Waals surface area contributed by atoms with Crippen LogP contribution >= 0.6 is 11.8 Å². The summed E-state index contributed by atoms with van der Waals surface area (Å²) in [6, 6.07) is 13.9. The summed E-state index contributed by atoms with van der Waals surface area (Å²) in [7, 11) is 2.16. The zero-order valence-electron chi connectivity index (χ0n) is 19.1. The molecule has 1 aromatic heterocycles. The van der Waals surface area contributed by atoms with Gasteiger partial charge in [0.1, 0.15) is 5.76 Å². The van der Waals surface area contributed by atoms with Crippen LogP contribution in [0.4, 0.5) is 11.4 Å². The maximum atomic E-state index is 13.1. The summed E-state index contributed by atoms with van der Waals surface area (Å²) in [6.07, 6.45) is 0. The van der Waals surface area contributed by atoms with Gasteiger partial charge in [0.15, 0.2) is 0 Å². The van der Waals surface area contributed by atoms with Gasteiger partial charge >= 0.3 is 0 Å². The van der Waals surface area contributed by atoms with Gasteiger partial charge in [-0.3, -0.25) is 4.79 Å². The summed E-state index contributed by atoms with van der Waals surface area (Å²) in [5, 5.41) is 7.10. The Morgan fingerprint density at radius 2 is 1.84 bits per heavy atom. The SMILES string of the molecule is Cc1cc(NC(=O)c2ccccc2SCc2c(C)noc2C)ccc1N1CCN(C)CC1. The third-order valence-electron chi connectivity index (χ3n) is 5.98. The first-order valence-corrected chi connectivity index (χ1v) is 11.9. The molecule has 0 atom stereocenters. The third kappa shape index (κ3) is 5.00. The molecule has 0 bridgehead atoms. The number of rotatable bonds is 6. The number of carbonyl (C=O) groups excluding carboxylic acids is 1. The standard InChI is InChI=1S/C25H30N4O2S/c1-17-15-20(9-10-23(17)29-13-11-28(4)12-14-29)26-25(30)21-7-5-6-8-24(21)32-16-22-18(2)27-31-19(22)3/h5-10,15H,11-14,16H2,1-4H3,(H,26,30). The Kier molecular flexibility index (Phi) is 6.86. The number of piperazine rings is 1. The van der Waals surface area contributed by atoms with Crippen molar-refractivity contribution in [2.75, 3.05) is 43.4 Å². The number of thioether (sulfide) groups is 1. The lowest BCUT2D eigenvalue weighted by molar-refractivity contribution is 0.102. The Labute approximate surface area is 194 Å². The van der Waals surface area contributed by atoms with Crippen molar-refractivity contribution in [2.45, 2.75) is 31.4 Å². The van der Waals surface area contributed by atoms with E-state index >= 15 is 0 Å². The van der Waals surface area contributed by atoms with Crippen molar-refractivity contribution in [2.24, 2.45) is 0 Å². The molecule has 2 heterocycles. The summed E-state index contributed by atoms with van der Waals surface area (Å²) in [5.41, 5.74) is 5.88. The molecule has 0 saturated carbocycles. The van der Waals surface area contributed by atoms with E-state index in [9.17, 15) is 4.79 Å². The molecule has 6 nitrogen and oxygen atoms in total. The van der Waals surface area contributed by atoms with Gasteiger partial charge < -0.3 is 19.6 Å². The largest absolute Gasteiger partial charge is 0.369 e. The first-order valence-electron chi connectivity index (χ1n) is 10.9. The number of hydrogen-bond acceptors (Lipinski definition) is 6. The van der Waals surface area contributed by atoms with Gasteiger partial charge in [-0.05, 0) is 63.7 Å². The number of nitrogens with one attached hydrogen (secondary N) is 1. The van der Waals surface area contributed by atoms with E-state index in [1.807, 2.05) is 44.2 Å². The van der Waals surface area contributed by atoms with Crippen LogP contribution in [-0.2, 0) is 5.75 Å². The van der Waals surface area contributed by atoms with E-state index in [0.717, 1.165) is 53.8 Å². The highest BCUT2D eigenvalue weighted by molar-refractivity contribution is 7.98. The van der Waals surface area contributed by atoms with Gasteiger partial charge in [-0.2, -0.15) is 0 Å². The van der Waals surface area contributed by atoms with Crippen LogP contribution in [0, 0.1) is 20.8 Å². The number of benzene rings is 2. The van der Waals surface area contributed by atoms with Crippen LogP contribution in [0.1, 0.15) is 32.9 Å². The molecule has 2 aromatic carbocycles. The van der Waals surface area contributed by atoms with Crippen LogP contribution in [0.15, 0.2) is 51.9 Å². The molecule has 1 aliphatic heterocycles. The predicted molar refractivity (Wildman–Crippen MR) is 131 cm³/mol. The fourth-order valence-electron chi connectivity index (χ4n) is 3.97. The fraction of sp³-hybridized carbons (Fsp3) is 0.360. The van der Waals surface area contributed by atoms with E-state index in [2.05, 4.69) is 46.4 Å². The fourth-order valence-corrected chi connectivity index (χ4v) is 5.17. The van der Waals surface area contributed by atoms with Crippen molar-refractivity contribution in [1.29, 1.82) is 0 Å². The first kappa shape index (κ1) is 22.4. The molecule has 1 aliphatic rings. The van der Waals surface area contributed by atoms with E-state index in [1.54, 1.807) is 11.8 Å². The predicted octanol–water partition coefficient (Wildman–Crippen LogP) is 4.90. The van der Waals surface area contributed by atoms with Gasteiger partial charge in [-0.15, -0.1) is 11.8 Å². The second kappa shape index (κ2) is 9.79. The highest BCUT2D eigenvalue weighted by atomic mass is 32.2. The normalized spacial score (nSPS) is 14.6. The molecule has 0 unspecified atom stereocenters. The molecule has 1 fully saturated rings. The maximum absolute atomic E-state index is 13.1. The lowest BCUT2D eigenvalue weighted by Crippen LogP contribution is -2.44. The van der Waals surface area contributed by atoms with Gasteiger partial charge in [0.25, 0.3) is 5.91 Å². The quantitative estimate of drug-likeness (QED) is 0.539. The van der Waals surface area contributed by atoms with Crippen molar-refractivity contribution in [3.05, 3.63) is 70.6 Å². The molecule has 1 saturated heterocycles. The van der Waals surface area contributed by atoms with Gasteiger partial charge in [0.05, 0.1) is 11.3 Å². The summed E-state index contributed by atoms with van der Waals surface area (Å²) in [5.74, 6) is 1.44. The van der Waals surface area contributed by atoms with Crippen LogP contribution in [0.2, 0.25) is 0 Å². The highest BCUT2D eigenvalue weighted by Crippen LogP contribution is 2.30. The van der Waals surface area contributed by atoms with Crippen LogP contribution in [0.3, 0.4) is 0 Å². The molecule has 7 heteroatoms. The number of carbonyl (C=O) groups is 1. The molecule has 1 amide bonds. The first-order chi connectivity index (χ1) is 15.4. The molecule has 32 heavy (non-hydrogen) atoms. The maximum Gasteiger partial charge on any atom is 0.256 e. The molecule has 1 N–H and O–H groups in total. The number of aryl methyl sites for hydroxylation is 3. The molecule has 168 valence electrons. The number of amides is 1.